The summed E-state index contributed by atoms with van der Waals surface area (Å²) < 4.78 is 0. The molecule has 1 aromatic rings. The summed E-state index contributed by atoms with van der Waals surface area (Å²) in [4.78, 5) is 4.77. The molecule has 1 unspecified atom stereocenters. The van der Waals surface area contributed by atoms with E-state index in [0.29, 0.717) is 0 Å². The third-order valence-corrected chi connectivity index (χ3v) is 4.36. The second kappa shape index (κ2) is 6.39. The Morgan fingerprint density at radius 2 is 1.65 bits per heavy atom. The fraction of sp³-hybridized carbons (Fsp3) is 0.588. The van der Waals surface area contributed by atoms with E-state index in [9.17, 15) is 0 Å². The van der Waals surface area contributed by atoms with Gasteiger partial charge in [0.15, 0.2) is 0 Å². The molecule has 1 fully saturated rings. The standard InChI is InChI=1S/C17H25N3/c1-13-9-14(2)17(15(3)10-13)12-19-5-7-20(8-6-19)16(4)11-18/h9-10,16H,5-8,12H2,1-4H3. The lowest BCUT2D eigenvalue weighted by atomic mass is 9.99. The monoisotopic (exact) mass is 271 g/mol. The van der Waals surface area contributed by atoms with Gasteiger partial charge >= 0.3 is 0 Å². The molecule has 0 bridgehead atoms. The van der Waals surface area contributed by atoms with Gasteiger partial charge in [-0.25, -0.2) is 0 Å². The Balaban J connectivity index is 1.98. The zero-order chi connectivity index (χ0) is 14.7. The molecular weight excluding hydrogens is 246 g/mol. The van der Waals surface area contributed by atoms with Crippen LogP contribution in [-0.2, 0) is 6.54 Å². The van der Waals surface area contributed by atoms with Gasteiger partial charge in [0.25, 0.3) is 0 Å². The third-order valence-electron chi connectivity index (χ3n) is 4.36. The van der Waals surface area contributed by atoms with Crippen LogP contribution in [0.25, 0.3) is 0 Å². The van der Waals surface area contributed by atoms with Gasteiger partial charge in [-0.15, -0.1) is 0 Å². The van der Waals surface area contributed by atoms with Gasteiger partial charge in [-0.3, -0.25) is 9.80 Å². The molecule has 1 aliphatic rings. The number of rotatable bonds is 3. The van der Waals surface area contributed by atoms with Crippen molar-refractivity contribution in [2.24, 2.45) is 0 Å². The first-order valence-electron chi connectivity index (χ1n) is 7.44. The Kier molecular flexibility index (Phi) is 4.80. The Morgan fingerprint density at radius 1 is 1.10 bits per heavy atom. The molecule has 0 spiro atoms. The smallest absolute Gasteiger partial charge is 0.0950 e. The molecule has 108 valence electrons. The predicted molar refractivity (Wildman–Crippen MR) is 82.6 cm³/mol. The second-order valence-corrected chi connectivity index (χ2v) is 5.99. The lowest BCUT2D eigenvalue weighted by Gasteiger charge is -2.36. The summed E-state index contributed by atoms with van der Waals surface area (Å²) in [7, 11) is 0. The molecule has 0 N–H and O–H groups in total. The molecule has 20 heavy (non-hydrogen) atoms. The molecule has 1 heterocycles. The van der Waals surface area contributed by atoms with E-state index in [1.807, 2.05) is 6.92 Å². The number of hydrogen-bond acceptors (Lipinski definition) is 3. The topological polar surface area (TPSA) is 30.3 Å². The summed E-state index contributed by atoms with van der Waals surface area (Å²) in [5.74, 6) is 0. The molecule has 2 rings (SSSR count). The Bertz CT molecular complexity index is 484. The molecule has 0 amide bonds. The van der Waals surface area contributed by atoms with Gasteiger partial charge < -0.3 is 0 Å². The summed E-state index contributed by atoms with van der Waals surface area (Å²) in [5.41, 5.74) is 5.61. The number of nitriles is 1. The van der Waals surface area contributed by atoms with Crippen LogP contribution in [0.4, 0.5) is 0 Å². The lowest BCUT2D eigenvalue weighted by Crippen LogP contribution is -2.48. The van der Waals surface area contributed by atoms with Gasteiger partial charge in [0.2, 0.25) is 0 Å². The van der Waals surface area contributed by atoms with Crippen LogP contribution in [0, 0.1) is 32.1 Å². The van der Waals surface area contributed by atoms with Gasteiger partial charge in [0.05, 0.1) is 12.1 Å². The van der Waals surface area contributed by atoms with E-state index in [0.717, 1.165) is 32.7 Å². The average molecular weight is 271 g/mol. The Labute approximate surface area is 122 Å². The highest BCUT2D eigenvalue weighted by Crippen LogP contribution is 2.19. The number of piperazine rings is 1. The average Bonchev–Trinajstić information content (AvgIpc) is 2.42. The van der Waals surface area contributed by atoms with Gasteiger partial charge in [0.1, 0.15) is 0 Å². The molecule has 0 saturated carbocycles. The maximum absolute atomic E-state index is 8.98. The number of nitrogens with zero attached hydrogens (tertiary/aromatic N) is 3. The summed E-state index contributed by atoms with van der Waals surface area (Å²) in [6.07, 6.45) is 0. The predicted octanol–water partition coefficient (Wildman–Crippen LogP) is 2.64. The van der Waals surface area contributed by atoms with E-state index < -0.39 is 0 Å². The van der Waals surface area contributed by atoms with E-state index in [2.05, 4.69) is 48.8 Å². The first-order chi connectivity index (χ1) is 9.51. The highest BCUT2D eigenvalue weighted by Gasteiger charge is 2.21. The molecule has 0 aromatic heterocycles. The van der Waals surface area contributed by atoms with Gasteiger partial charge in [-0.1, -0.05) is 17.7 Å². The first-order valence-corrected chi connectivity index (χ1v) is 7.44. The molecule has 1 saturated heterocycles. The zero-order valence-electron chi connectivity index (χ0n) is 13.1. The lowest BCUT2D eigenvalue weighted by molar-refractivity contribution is 0.114. The van der Waals surface area contributed by atoms with Crippen molar-refractivity contribution in [1.82, 2.24) is 9.80 Å². The van der Waals surface area contributed by atoms with Crippen molar-refractivity contribution in [3.8, 4) is 6.07 Å². The SMILES string of the molecule is Cc1cc(C)c(CN2CCN(C(C)C#N)CC2)c(C)c1. The minimum Gasteiger partial charge on any atom is -0.297 e. The van der Waals surface area contributed by atoms with E-state index in [1.54, 1.807) is 0 Å². The summed E-state index contributed by atoms with van der Waals surface area (Å²) in [6.45, 7) is 13.7. The molecule has 1 aliphatic heterocycles. The van der Waals surface area contributed by atoms with E-state index in [4.69, 9.17) is 5.26 Å². The van der Waals surface area contributed by atoms with Crippen molar-refractivity contribution in [1.29, 1.82) is 5.26 Å². The van der Waals surface area contributed by atoms with Crippen molar-refractivity contribution in [2.75, 3.05) is 26.2 Å². The Hall–Kier alpha value is -1.37. The molecule has 3 heteroatoms. The zero-order valence-corrected chi connectivity index (χ0v) is 13.1. The number of hydrogen-bond donors (Lipinski definition) is 0. The fourth-order valence-electron chi connectivity index (χ4n) is 3.07. The Morgan fingerprint density at radius 3 is 2.15 bits per heavy atom. The van der Waals surface area contributed by atoms with Crippen molar-refractivity contribution in [2.45, 2.75) is 40.3 Å². The normalized spacial score (nSPS) is 18.8. The molecule has 3 nitrogen and oxygen atoms in total. The number of aryl methyl sites for hydroxylation is 3. The molecular formula is C17H25N3. The summed E-state index contributed by atoms with van der Waals surface area (Å²) in [6, 6.07) is 6.92. The van der Waals surface area contributed by atoms with Gasteiger partial charge in [-0.05, 0) is 44.4 Å². The van der Waals surface area contributed by atoms with Gasteiger partial charge in [-0.2, -0.15) is 5.26 Å². The van der Waals surface area contributed by atoms with Crippen LogP contribution in [0.3, 0.4) is 0 Å². The molecule has 0 aliphatic carbocycles. The molecule has 1 aromatic carbocycles. The highest BCUT2D eigenvalue weighted by atomic mass is 15.3. The van der Waals surface area contributed by atoms with Crippen LogP contribution in [0.5, 0.6) is 0 Å². The minimum atomic E-state index is 0.0417. The van der Waals surface area contributed by atoms with Crippen LogP contribution in [-0.4, -0.2) is 42.0 Å². The largest absolute Gasteiger partial charge is 0.297 e. The van der Waals surface area contributed by atoms with E-state index in [-0.39, 0.29) is 6.04 Å². The minimum absolute atomic E-state index is 0.0417. The van der Waals surface area contributed by atoms with E-state index in [1.165, 1.54) is 22.3 Å². The van der Waals surface area contributed by atoms with Crippen LogP contribution in [0.1, 0.15) is 29.2 Å². The van der Waals surface area contributed by atoms with Crippen molar-refractivity contribution < 1.29 is 0 Å². The summed E-state index contributed by atoms with van der Waals surface area (Å²) >= 11 is 0. The quantitative estimate of drug-likeness (QED) is 0.846. The molecule has 0 radical (unpaired) electrons. The van der Waals surface area contributed by atoms with Crippen LogP contribution < -0.4 is 0 Å². The first kappa shape index (κ1) is 15.0. The fourth-order valence-corrected chi connectivity index (χ4v) is 3.07. The van der Waals surface area contributed by atoms with Crippen LogP contribution in [0.15, 0.2) is 12.1 Å². The van der Waals surface area contributed by atoms with E-state index >= 15 is 0 Å². The highest BCUT2D eigenvalue weighted by molar-refractivity contribution is 5.37. The number of benzene rings is 1. The van der Waals surface area contributed by atoms with Crippen LogP contribution in [0.2, 0.25) is 0 Å². The van der Waals surface area contributed by atoms with Crippen molar-refractivity contribution in [3.63, 3.8) is 0 Å². The van der Waals surface area contributed by atoms with Crippen molar-refractivity contribution >= 4 is 0 Å². The van der Waals surface area contributed by atoms with Crippen LogP contribution >= 0.6 is 0 Å². The maximum atomic E-state index is 8.98. The molecule has 1 atom stereocenters. The van der Waals surface area contributed by atoms with Crippen molar-refractivity contribution in [3.05, 3.63) is 34.4 Å². The third kappa shape index (κ3) is 3.39. The maximum Gasteiger partial charge on any atom is 0.0950 e. The van der Waals surface area contributed by atoms with Gasteiger partial charge in [0, 0.05) is 32.7 Å². The summed E-state index contributed by atoms with van der Waals surface area (Å²) in [5, 5.41) is 8.98. The second-order valence-electron chi connectivity index (χ2n) is 5.99.